The highest BCUT2D eigenvalue weighted by molar-refractivity contribution is 5.39. The molecule has 2 rings (SSSR count). The molecule has 0 saturated heterocycles. The molecule has 0 aromatic heterocycles. The van der Waals surface area contributed by atoms with Crippen LogP contribution in [0.4, 0.5) is 0 Å². The Morgan fingerprint density at radius 2 is 2.11 bits per heavy atom. The van der Waals surface area contributed by atoms with E-state index in [-0.39, 0.29) is 0 Å². The first-order chi connectivity index (χ1) is 9.42. The Labute approximate surface area is 116 Å². The quantitative estimate of drug-likeness (QED) is 0.695. The van der Waals surface area contributed by atoms with Crippen molar-refractivity contribution >= 4 is 0 Å². The molecule has 1 unspecified atom stereocenters. The minimum atomic E-state index is 0.497. The van der Waals surface area contributed by atoms with Gasteiger partial charge in [-0.2, -0.15) is 0 Å². The van der Waals surface area contributed by atoms with Crippen LogP contribution >= 0.6 is 0 Å². The van der Waals surface area contributed by atoms with Gasteiger partial charge in [-0.1, -0.05) is 31.5 Å². The summed E-state index contributed by atoms with van der Waals surface area (Å²) in [5, 5.41) is 3.50. The van der Waals surface area contributed by atoms with Crippen LogP contribution in [0, 0.1) is 0 Å². The number of rotatable bonds is 9. The van der Waals surface area contributed by atoms with Gasteiger partial charge in [-0.15, -0.1) is 0 Å². The van der Waals surface area contributed by atoms with E-state index in [0.717, 1.165) is 45.1 Å². The molecule has 0 aliphatic carbocycles. The molecule has 3 nitrogen and oxygen atoms in total. The van der Waals surface area contributed by atoms with Gasteiger partial charge in [0.25, 0.3) is 0 Å². The highest BCUT2D eigenvalue weighted by Gasteiger charge is 2.22. The Balaban J connectivity index is 1.55. The van der Waals surface area contributed by atoms with E-state index in [2.05, 4.69) is 30.4 Å². The summed E-state index contributed by atoms with van der Waals surface area (Å²) in [7, 11) is 0. The topological polar surface area (TPSA) is 30.5 Å². The molecule has 3 heteroatoms. The monoisotopic (exact) mass is 263 g/mol. The van der Waals surface area contributed by atoms with Gasteiger partial charge < -0.3 is 14.8 Å². The van der Waals surface area contributed by atoms with E-state index in [0.29, 0.717) is 5.92 Å². The van der Waals surface area contributed by atoms with Crippen molar-refractivity contribution in [1.29, 1.82) is 0 Å². The van der Waals surface area contributed by atoms with Crippen LogP contribution in [-0.4, -0.2) is 32.9 Å². The van der Waals surface area contributed by atoms with Crippen LogP contribution in [-0.2, 0) is 4.74 Å². The Hall–Kier alpha value is -1.06. The van der Waals surface area contributed by atoms with Crippen molar-refractivity contribution < 1.29 is 9.47 Å². The van der Waals surface area contributed by atoms with Crippen molar-refractivity contribution in [3.63, 3.8) is 0 Å². The van der Waals surface area contributed by atoms with Crippen molar-refractivity contribution in [2.45, 2.75) is 32.1 Å². The molecular weight excluding hydrogens is 238 g/mol. The van der Waals surface area contributed by atoms with Crippen molar-refractivity contribution in [2.24, 2.45) is 0 Å². The number of unbranched alkanes of at least 4 members (excludes halogenated alkanes) is 1. The zero-order chi connectivity index (χ0) is 13.3. The summed E-state index contributed by atoms with van der Waals surface area (Å²) in [6, 6.07) is 8.34. The lowest BCUT2D eigenvalue weighted by molar-refractivity contribution is 0.128. The molecule has 19 heavy (non-hydrogen) atoms. The molecule has 0 spiro atoms. The fourth-order valence-electron chi connectivity index (χ4n) is 2.32. The number of para-hydroxylation sites is 1. The number of hydrogen-bond acceptors (Lipinski definition) is 3. The fraction of sp³-hybridized carbons (Fsp3) is 0.625. The molecule has 1 atom stereocenters. The first kappa shape index (κ1) is 14.4. The van der Waals surface area contributed by atoms with Gasteiger partial charge in [-0.05, 0) is 25.5 Å². The molecule has 1 aliphatic heterocycles. The van der Waals surface area contributed by atoms with Gasteiger partial charge in [0, 0.05) is 31.2 Å². The van der Waals surface area contributed by atoms with Crippen molar-refractivity contribution in [3.05, 3.63) is 29.8 Å². The van der Waals surface area contributed by atoms with E-state index < -0.39 is 0 Å². The van der Waals surface area contributed by atoms with Gasteiger partial charge in [0.15, 0.2) is 0 Å². The Bertz CT molecular complexity index is 368. The summed E-state index contributed by atoms with van der Waals surface area (Å²) >= 11 is 0. The summed E-state index contributed by atoms with van der Waals surface area (Å²) in [6.07, 6.45) is 3.46. The van der Waals surface area contributed by atoms with E-state index in [1.165, 1.54) is 18.4 Å². The first-order valence-corrected chi connectivity index (χ1v) is 7.42. The Morgan fingerprint density at radius 3 is 3.00 bits per heavy atom. The van der Waals surface area contributed by atoms with Gasteiger partial charge in [0.2, 0.25) is 0 Å². The first-order valence-electron chi connectivity index (χ1n) is 7.42. The molecule has 0 saturated carbocycles. The van der Waals surface area contributed by atoms with Crippen LogP contribution < -0.4 is 10.1 Å². The van der Waals surface area contributed by atoms with Crippen LogP contribution in [0.2, 0.25) is 0 Å². The number of hydrogen-bond donors (Lipinski definition) is 1. The van der Waals surface area contributed by atoms with Gasteiger partial charge in [-0.25, -0.2) is 0 Å². The van der Waals surface area contributed by atoms with E-state index in [9.17, 15) is 0 Å². The lowest BCUT2D eigenvalue weighted by atomic mass is 10.0. The normalized spacial score (nSPS) is 17.2. The van der Waals surface area contributed by atoms with Crippen LogP contribution in [0.3, 0.4) is 0 Å². The standard InChI is InChI=1S/C16H25NO2/c1-2-3-10-18-11-6-9-17-12-14-13-19-16-8-5-4-7-15(14)16/h4-5,7-8,14,17H,2-3,6,9-13H2,1H3. The third kappa shape index (κ3) is 4.51. The SMILES string of the molecule is CCCCOCCCNCC1COc2ccccc21. The van der Waals surface area contributed by atoms with Gasteiger partial charge in [-0.3, -0.25) is 0 Å². The minimum absolute atomic E-state index is 0.497. The summed E-state index contributed by atoms with van der Waals surface area (Å²) in [5.74, 6) is 1.55. The van der Waals surface area contributed by atoms with Gasteiger partial charge in [0.1, 0.15) is 5.75 Å². The van der Waals surface area contributed by atoms with E-state index in [1.54, 1.807) is 0 Å². The molecule has 1 aliphatic rings. The molecule has 0 radical (unpaired) electrons. The average molecular weight is 263 g/mol. The Kier molecular flexibility index (Phi) is 6.18. The second kappa shape index (κ2) is 8.18. The number of nitrogens with one attached hydrogen (secondary N) is 1. The van der Waals surface area contributed by atoms with Crippen molar-refractivity contribution in [3.8, 4) is 5.75 Å². The maximum atomic E-state index is 5.67. The summed E-state index contributed by atoms with van der Waals surface area (Å²) in [6.45, 7) is 6.77. The zero-order valence-electron chi connectivity index (χ0n) is 11.9. The molecule has 1 aromatic rings. The van der Waals surface area contributed by atoms with Crippen molar-refractivity contribution in [2.75, 3.05) is 32.9 Å². The van der Waals surface area contributed by atoms with E-state index in [1.807, 2.05) is 6.07 Å². The van der Waals surface area contributed by atoms with Crippen LogP contribution in [0.1, 0.15) is 37.7 Å². The molecule has 1 heterocycles. The molecule has 1 N–H and O–H groups in total. The fourth-order valence-corrected chi connectivity index (χ4v) is 2.32. The Morgan fingerprint density at radius 1 is 1.26 bits per heavy atom. The third-order valence-electron chi connectivity index (χ3n) is 3.47. The third-order valence-corrected chi connectivity index (χ3v) is 3.47. The average Bonchev–Trinajstić information content (AvgIpc) is 2.85. The van der Waals surface area contributed by atoms with Gasteiger partial charge in [0.05, 0.1) is 6.61 Å². The smallest absolute Gasteiger partial charge is 0.122 e. The summed E-state index contributed by atoms with van der Waals surface area (Å²) < 4.78 is 11.2. The number of benzene rings is 1. The van der Waals surface area contributed by atoms with Crippen molar-refractivity contribution in [1.82, 2.24) is 5.32 Å². The highest BCUT2D eigenvalue weighted by Crippen LogP contribution is 2.32. The van der Waals surface area contributed by atoms with E-state index in [4.69, 9.17) is 9.47 Å². The maximum absolute atomic E-state index is 5.67. The minimum Gasteiger partial charge on any atom is -0.493 e. The molecule has 1 aromatic carbocycles. The van der Waals surface area contributed by atoms with E-state index >= 15 is 0 Å². The van der Waals surface area contributed by atoms with Crippen LogP contribution in [0.25, 0.3) is 0 Å². The van der Waals surface area contributed by atoms with Crippen LogP contribution in [0.5, 0.6) is 5.75 Å². The predicted octanol–water partition coefficient (Wildman–Crippen LogP) is 2.96. The largest absolute Gasteiger partial charge is 0.493 e. The molecule has 0 bridgehead atoms. The molecule has 106 valence electrons. The maximum Gasteiger partial charge on any atom is 0.122 e. The number of ether oxygens (including phenoxy) is 2. The molecule has 0 amide bonds. The predicted molar refractivity (Wildman–Crippen MR) is 77.9 cm³/mol. The lowest BCUT2D eigenvalue weighted by Crippen LogP contribution is -2.24. The number of fused-ring (bicyclic) bond motifs is 1. The second-order valence-electron chi connectivity index (χ2n) is 5.07. The summed E-state index contributed by atoms with van der Waals surface area (Å²) in [5.41, 5.74) is 1.34. The zero-order valence-corrected chi connectivity index (χ0v) is 11.9. The second-order valence-corrected chi connectivity index (χ2v) is 5.07. The van der Waals surface area contributed by atoms with Gasteiger partial charge >= 0.3 is 0 Å². The van der Waals surface area contributed by atoms with Crippen LogP contribution in [0.15, 0.2) is 24.3 Å². The lowest BCUT2D eigenvalue weighted by Gasteiger charge is -2.10. The summed E-state index contributed by atoms with van der Waals surface area (Å²) in [4.78, 5) is 0. The molecule has 0 fully saturated rings. The highest BCUT2D eigenvalue weighted by atomic mass is 16.5. The molecular formula is C16H25NO2.